The first-order valence-corrected chi connectivity index (χ1v) is 12.0. The quantitative estimate of drug-likeness (QED) is 0.713. The van der Waals surface area contributed by atoms with Gasteiger partial charge in [-0.25, -0.2) is 12.8 Å². The van der Waals surface area contributed by atoms with E-state index in [1.54, 1.807) is 24.3 Å². The molecule has 170 valence electrons. The van der Waals surface area contributed by atoms with Crippen LogP contribution in [0.3, 0.4) is 0 Å². The van der Waals surface area contributed by atoms with Gasteiger partial charge in [-0.2, -0.15) is 4.31 Å². The van der Waals surface area contributed by atoms with Gasteiger partial charge < -0.3 is 15.5 Å². The highest BCUT2D eigenvalue weighted by molar-refractivity contribution is 7.89. The minimum Gasteiger partial charge on any atom is -0.360 e. The summed E-state index contributed by atoms with van der Waals surface area (Å²) in [5.74, 6) is -1.45. The van der Waals surface area contributed by atoms with Crippen molar-refractivity contribution in [3.8, 4) is 0 Å². The molecule has 0 atom stereocenters. The first-order valence-electron chi connectivity index (χ1n) is 10.6. The van der Waals surface area contributed by atoms with Crippen molar-refractivity contribution >= 4 is 33.2 Å². The standard InChI is InChI=1S/C22H25FN4O4S/c23-19-9-4-16(14-20(19)32(30,31)27-11-2-1-3-12-27)22(29)25-17-5-7-18(8-6-17)26-13-10-24-21(28)15-26/h4-9,14H,1-3,10-13,15H2,(H,24,28)(H,25,29). The summed E-state index contributed by atoms with van der Waals surface area (Å²) in [6.07, 6.45) is 2.42. The number of hydrogen-bond donors (Lipinski definition) is 2. The van der Waals surface area contributed by atoms with E-state index in [9.17, 15) is 22.4 Å². The third kappa shape index (κ3) is 4.76. The second-order valence-electron chi connectivity index (χ2n) is 7.88. The molecule has 32 heavy (non-hydrogen) atoms. The average Bonchev–Trinajstić information content (AvgIpc) is 2.80. The molecule has 0 saturated carbocycles. The van der Waals surface area contributed by atoms with E-state index in [0.29, 0.717) is 31.9 Å². The van der Waals surface area contributed by atoms with E-state index >= 15 is 0 Å². The van der Waals surface area contributed by atoms with E-state index in [1.165, 1.54) is 10.4 Å². The summed E-state index contributed by atoms with van der Waals surface area (Å²) in [7, 11) is -4.00. The van der Waals surface area contributed by atoms with Gasteiger partial charge in [-0.3, -0.25) is 9.59 Å². The fraction of sp³-hybridized carbons (Fsp3) is 0.364. The maximum Gasteiger partial charge on any atom is 0.255 e. The molecule has 4 rings (SSSR count). The molecular formula is C22H25FN4O4S. The normalized spacial score (nSPS) is 17.7. The zero-order valence-electron chi connectivity index (χ0n) is 17.5. The summed E-state index contributed by atoms with van der Waals surface area (Å²) in [6.45, 7) is 2.24. The van der Waals surface area contributed by atoms with Crippen LogP contribution in [-0.2, 0) is 14.8 Å². The van der Waals surface area contributed by atoms with Gasteiger partial charge in [0.1, 0.15) is 10.7 Å². The minimum atomic E-state index is -4.00. The summed E-state index contributed by atoms with van der Waals surface area (Å²) in [5, 5.41) is 5.47. The Kier molecular flexibility index (Phi) is 6.43. The molecule has 2 aliphatic rings. The van der Waals surface area contributed by atoms with E-state index in [2.05, 4.69) is 10.6 Å². The van der Waals surface area contributed by atoms with E-state index in [-0.39, 0.29) is 18.0 Å². The Morgan fingerprint density at radius 1 is 1.00 bits per heavy atom. The van der Waals surface area contributed by atoms with Crippen molar-refractivity contribution in [1.82, 2.24) is 9.62 Å². The molecule has 0 radical (unpaired) electrons. The van der Waals surface area contributed by atoms with Gasteiger partial charge in [-0.15, -0.1) is 0 Å². The van der Waals surface area contributed by atoms with Crippen LogP contribution in [0.1, 0.15) is 29.6 Å². The second kappa shape index (κ2) is 9.25. The lowest BCUT2D eigenvalue weighted by molar-refractivity contribution is -0.120. The lowest BCUT2D eigenvalue weighted by atomic mass is 10.2. The van der Waals surface area contributed by atoms with Crippen LogP contribution in [0.5, 0.6) is 0 Å². The molecule has 0 unspecified atom stereocenters. The van der Waals surface area contributed by atoms with Crippen molar-refractivity contribution in [3.63, 3.8) is 0 Å². The van der Waals surface area contributed by atoms with Crippen LogP contribution in [0.4, 0.5) is 15.8 Å². The van der Waals surface area contributed by atoms with Crippen LogP contribution in [0.15, 0.2) is 47.4 Å². The summed E-state index contributed by atoms with van der Waals surface area (Å²) in [5.41, 5.74) is 1.42. The van der Waals surface area contributed by atoms with Gasteiger partial charge in [0.15, 0.2) is 0 Å². The molecule has 2 aromatic carbocycles. The van der Waals surface area contributed by atoms with Gasteiger partial charge in [0, 0.05) is 43.1 Å². The van der Waals surface area contributed by atoms with Crippen molar-refractivity contribution in [2.24, 2.45) is 0 Å². The smallest absolute Gasteiger partial charge is 0.255 e. The zero-order chi connectivity index (χ0) is 22.7. The predicted molar refractivity (Wildman–Crippen MR) is 119 cm³/mol. The molecule has 2 heterocycles. The maximum atomic E-state index is 14.4. The topological polar surface area (TPSA) is 98.8 Å². The number of carbonyl (C=O) groups is 2. The number of nitrogens with zero attached hydrogens (tertiary/aromatic N) is 2. The van der Waals surface area contributed by atoms with Gasteiger partial charge >= 0.3 is 0 Å². The van der Waals surface area contributed by atoms with E-state index < -0.39 is 26.6 Å². The van der Waals surface area contributed by atoms with Gasteiger partial charge in [0.05, 0.1) is 6.54 Å². The van der Waals surface area contributed by atoms with E-state index in [4.69, 9.17) is 0 Å². The molecule has 8 nitrogen and oxygen atoms in total. The number of piperazine rings is 1. The third-order valence-corrected chi connectivity index (χ3v) is 7.57. The van der Waals surface area contributed by atoms with Crippen molar-refractivity contribution in [2.75, 3.05) is 42.9 Å². The number of halogens is 1. The van der Waals surface area contributed by atoms with Crippen LogP contribution in [0.25, 0.3) is 0 Å². The van der Waals surface area contributed by atoms with Crippen LogP contribution < -0.4 is 15.5 Å². The highest BCUT2D eigenvalue weighted by Gasteiger charge is 2.29. The third-order valence-electron chi connectivity index (χ3n) is 5.65. The predicted octanol–water partition coefficient (Wildman–Crippen LogP) is 2.19. The minimum absolute atomic E-state index is 0.0414. The number of piperidine rings is 1. The Morgan fingerprint density at radius 2 is 1.72 bits per heavy atom. The number of rotatable bonds is 5. The summed E-state index contributed by atoms with van der Waals surface area (Å²) in [4.78, 5) is 25.7. The lowest BCUT2D eigenvalue weighted by Gasteiger charge is -2.28. The molecule has 2 aliphatic heterocycles. The van der Waals surface area contributed by atoms with Gasteiger partial charge in [-0.1, -0.05) is 6.42 Å². The Labute approximate surface area is 186 Å². The Morgan fingerprint density at radius 3 is 2.41 bits per heavy atom. The summed E-state index contributed by atoms with van der Waals surface area (Å²) < 4.78 is 41.4. The van der Waals surface area contributed by atoms with Gasteiger partial charge in [0.25, 0.3) is 5.91 Å². The summed E-state index contributed by atoms with van der Waals surface area (Å²) in [6, 6.07) is 10.4. The van der Waals surface area contributed by atoms with Crippen molar-refractivity contribution in [2.45, 2.75) is 24.2 Å². The van der Waals surface area contributed by atoms with Crippen LogP contribution in [0, 0.1) is 5.82 Å². The first-order chi connectivity index (χ1) is 15.3. The molecule has 10 heteroatoms. The number of nitrogens with one attached hydrogen (secondary N) is 2. The molecular weight excluding hydrogens is 435 g/mol. The molecule has 0 aromatic heterocycles. The summed E-state index contributed by atoms with van der Waals surface area (Å²) >= 11 is 0. The zero-order valence-corrected chi connectivity index (χ0v) is 18.3. The Hall–Kier alpha value is -2.98. The van der Waals surface area contributed by atoms with Crippen molar-refractivity contribution < 1.29 is 22.4 Å². The van der Waals surface area contributed by atoms with Crippen molar-refractivity contribution in [3.05, 3.63) is 53.8 Å². The van der Waals surface area contributed by atoms with E-state index in [0.717, 1.165) is 37.1 Å². The van der Waals surface area contributed by atoms with Gasteiger partial charge in [-0.05, 0) is 55.3 Å². The number of benzene rings is 2. The average molecular weight is 461 g/mol. The number of carbonyl (C=O) groups excluding carboxylic acids is 2. The monoisotopic (exact) mass is 460 g/mol. The molecule has 2 amide bonds. The maximum absolute atomic E-state index is 14.4. The molecule has 2 fully saturated rings. The van der Waals surface area contributed by atoms with Crippen LogP contribution in [-0.4, -0.2) is 57.3 Å². The number of anilines is 2. The highest BCUT2D eigenvalue weighted by atomic mass is 32.2. The fourth-order valence-corrected chi connectivity index (χ4v) is 5.51. The van der Waals surface area contributed by atoms with Gasteiger partial charge in [0.2, 0.25) is 15.9 Å². The molecule has 0 aliphatic carbocycles. The number of amides is 2. The second-order valence-corrected chi connectivity index (χ2v) is 9.79. The van der Waals surface area contributed by atoms with E-state index in [1.807, 2.05) is 4.90 Å². The Bertz CT molecular complexity index is 1120. The fourth-order valence-electron chi connectivity index (χ4n) is 3.90. The first kappa shape index (κ1) is 22.2. The molecule has 2 saturated heterocycles. The number of hydrogen-bond acceptors (Lipinski definition) is 5. The largest absolute Gasteiger partial charge is 0.360 e. The lowest BCUT2D eigenvalue weighted by Crippen LogP contribution is -2.47. The number of sulfonamides is 1. The van der Waals surface area contributed by atoms with Crippen LogP contribution in [0.2, 0.25) is 0 Å². The molecule has 0 spiro atoms. The van der Waals surface area contributed by atoms with Crippen molar-refractivity contribution in [1.29, 1.82) is 0 Å². The molecule has 2 aromatic rings. The van der Waals surface area contributed by atoms with Crippen LogP contribution >= 0.6 is 0 Å². The highest BCUT2D eigenvalue weighted by Crippen LogP contribution is 2.25. The molecule has 0 bridgehead atoms. The SMILES string of the molecule is O=C1CN(c2ccc(NC(=O)c3ccc(F)c(S(=O)(=O)N4CCCCC4)c3)cc2)CCN1. The Balaban J connectivity index is 1.49. The molecule has 2 N–H and O–H groups in total.